The minimum absolute atomic E-state index is 0.604. The summed E-state index contributed by atoms with van der Waals surface area (Å²) in [5.74, 6) is 0. The molecule has 0 saturated heterocycles. The van der Waals surface area contributed by atoms with Crippen molar-refractivity contribution in [2.24, 2.45) is 0 Å². The third-order valence-corrected chi connectivity index (χ3v) is 4.18. The average molecular weight is 284 g/mol. The van der Waals surface area contributed by atoms with Crippen molar-refractivity contribution in [1.29, 1.82) is 0 Å². The molecule has 0 radical (unpaired) electrons. The number of hydrogen-bond donors (Lipinski definition) is 1. The van der Waals surface area contributed by atoms with Crippen molar-refractivity contribution in [3.8, 4) is 0 Å². The summed E-state index contributed by atoms with van der Waals surface area (Å²) in [5.41, 5.74) is 1.11. The van der Waals surface area contributed by atoms with Crippen LogP contribution in [0.1, 0.15) is 59.1 Å². The minimum Gasteiger partial charge on any atom is -0.374 e. The largest absolute Gasteiger partial charge is 0.374 e. The topological polar surface area (TPSA) is 41.1 Å². The number of hydrogen-bond acceptors (Lipinski definition) is 5. The van der Waals surface area contributed by atoms with Gasteiger partial charge in [-0.1, -0.05) is 31.7 Å². The van der Waals surface area contributed by atoms with Crippen LogP contribution in [0.25, 0.3) is 0 Å². The standard InChI is InChI=1S/C14H28N4S/c1-5-8-10-18(12(4)7-3)11-13-14(15-9-6-2)19-17-16-13/h12,15H,5-11H2,1-4H3. The van der Waals surface area contributed by atoms with Gasteiger partial charge in [0.1, 0.15) is 10.7 Å². The van der Waals surface area contributed by atoms with Crippen molar-refractivity contribution < 1.29 is 0 Å². The molecular formula is C14H28N4S. The number of anilines is 1. The number of unbranched alkanes of at least 4 members (excludes halogenated alkanes) is 1. The molecule has 1 aromatic heterocycles. The van der Waals surface area contributed by atoms with Crippen LogP contribution in [0.4, 0.5) is 5.00 Å². The summed E-state index contributed by atoms with van der Waals surface area (Å²) >= 11 is 1.48. The van der Waals surface area contributed by atoms with E-state index >= 15 is 0 Å². The fraction of sp³-hybridized carbons (Fsp3) is 0.857. The SMILES string of the molecule is CCCCN(Cc1nnsc1NCCC)C(C)CC. The zero-order valence-electron chi connectivity index (χ0n) is 12.8. The molecule has 1 heterocycles. The zero-order valence-corrected chi connectivity index (χ0v) is 13.6. The Bertz CT molecular complexity index is 340. The molecule has 4 nitrogen and oxygen atoms in total. The smallest absolute Gasteiger partial charge is 0.134 e. The molecule has 1 rings (SSSR count). The van der Waals surface area contributed by atoms with Gasteiger partial charge in [-0.05, 0) is 32.7 Å². The molecule has 1 atom stereocenters. The molecule has 0 aliphatic heterocycles. The Hall–Kier alpha value is -0.680. The summed E-state index contributed by atoms with van der Waals surface area (Å²) in [5, 5.41) is 8.87. The molecule has 110 valence electrons. The fourth-order valence-corrected chi connectivity index (χ4v) is 2.55. The van der Waals surface area contributed by atoms with Gasteiger partial charge in [0.25, 0.3) is 0 Å². The quantitative estimate of drug-likeness (QED) is 0.710. The van der Waals surface area contributed by atoms with Crippen LogP contribution in [0.3, 0.4) is 0 Å². The number of nitrogens with one attached hydrogen (secondary N) is 1. The van der Waals surface area contributed by atoms with Crippen LogP contribution in [-0.4, -0.2) is 33.6 Å². The summed E-state index contributed by atoms with van der Waals surface area (Å²) in [6, 6.07) is 0.604. The van der Waals surface area contributed by atoms with Crippen LogP contribution in [0.2, 0.25) is 0 Å². The molecule has 0 saturated carbocycles. The second kappa shape index (κ2) is 9.26. The Morgan fingerprint density at radius 3 is 2.68 bits per heavy atom. The minimum atomic E-state index is 0.604. The van der Waals surface area contributed by atoms with E-state index in [0.29, 0.717) is 6.04 Å². The van der Waals surface area contributed by atoms with Gasteiger partial charge in [0, 0.05) is 30.7 Å². The average Bonchev–Trinajstić information content (AvgIpc) is 2.87. The summed E-state index contributed by atoms with van der Waals surface area (Å²) in [6.45, 7) is 12.0. The van der Waals surface area contributed by atoms with E-state index in [2.05, 4.69) is 47.5 Å². The molecule has 0 aromatic carbocycles. The van der Waals surface area contributed by atoms with E-state index in [1.54, 1.807) is 0 Å². The molecule has 1 aromatic rings. The van der Waals surface area contributed by atoms with Crippen LogP contribution >= 0.6 is 11.5 Å². The molecule has 0 aliphatic rings. The lowest BCUT2D eigenvalue weighted by Gasteiger charge is -2.27. The van der Waals surface area contributed by atoms with Gasteiger partial charge < -0.3 is 5.32 Å². The van der Waals surface area contributed by atoms with E-state index in [0.717, 1.165) is 36.8 Å². The summed E-state index contributed by atoms with van der Waals surface area (Å²) in [4.78, 5) is 2.53. The number of aromatic nitrogens is 2. The van der Waals surface area contributed by atoms with Crippen LogP contribution < -0.4 is 5.32 Å². The molecule has 0 amide bonds. The van der Waals surface area contributed by atoms with Crippen molar-refractivity contribution >= 4 is 16.5 Å². The van der Waals surface area contributed by atoms with Gasteiger partial charge >= 0.3 is 0 Å². The van der Waals surface area contributed by atoms with Gasteiger partial charge in [0.15, 0.2) is 0 Å². The van der Waals surface area contributed by atoms with E-state index in [1.165, 1.54) is 30.8 Å². The Morgan fingerprint density at radius 1 is 1.26 bits per heavy atom. The van der Waals surface area contributed by atoms with E-state index < -0.39 is 0 Å². The van der Waals surface area contributed by atoms with Crippen molar-refractivity contribution in [2.45, 2.75) is 66.0 Å². The van der Waals surface area contributed by atoms with Gasteiger partial charge in [-0.3, -0.25) is 4.90 Å². The highest BCUT2D eigenvalue weighted by Gasteiger charge is 2.16. The second-order valence-electron chi connectivity index (χ2n) is 5.06. The Kier molecular flexibility index (Phi) is 7.98. The molecule has 0 bridgehead atoms. The first-order valence-electron chi connectivity index (χ1n) is 7.51. The number of rotatable bonds is 10. The molecule has 0 spiro atoms. The molecule has 0 fully saturated rings. The fourth-order valence-electron chi connectivity index (χ4n) is 1.95. The van der Waals surface area contributed by atoms with Crippen LogP contribution in [-0.2, 0) is 6.54 Å². The Morgan fingerprint density at radius 2 is 2.05 bits per heavy atom. The first-order valence-corrected chi connectivity index (χ1v) is 8.29. The number of nitrogens with zero attached hydrogens (tertiary/aromatic N) is 3. The van der Waals surface area contributed by atoms with Crippen molar-refractivity contribution in [3.05, 3.63) is 5.69 Å². The molecule has 5 heteroatoms. The highest BCUT2D eigenvalue weighted by Crippen LogP contribution is 2.21. The lowest BCUT2D eigenvalue weighted by molar-refractivity contribution is 0.190. The van der Waals surface area contributed by atoms with E-state index in [4.69, 9.17) is 0 Å². The lowest BCUT2D eigenvalue weighted by Crippen LogP contribution is -2.33. The molecule has 1 N–H and O–H groups in total. The first kappa shape index (κ1) is 16.4. The normalized spacial score (nSPS) is 12.9. The third-order valence-electron chi connectivity index (χ3n) is 3.46. The van der Waals surface area contributed by atoms with Crippen molar-refractivity contribution in [3.63, 3.8) is 0 Å². The maximum absolute atomic E-state index is 4.30. The molecule has 19 heavy (non-hydrogen) atoms. The van der Waals surface area contributed by atoms with Gasteiger partial charge in [-0.15, -0.1) is 5.10 Å². The van der Waals surface area contributed by atoms with E-state index in [9.17, 15) is 0 Å². The van der Waals surface area contributed by atoms with Gasteiger partial charge in [-0.2, -0.15) is 0 Å². The van der Waals surface area contributed by atoms with Crippen LogP contribution in [0.15, 0.2) is 0 Å². The molecule has 1 unspecified atom stereocenters. The van der Waals surface area contributed by atoms with E-state index in [1.807, 2.05) is 0 Å². The van der Waals surface area contributed by atoms with Crippen molar-refractivity contribution in [2.75, 3.05) is 18.4 Å². The van der Waals surface area contributed by atoms with Gasteiger partial charge in [-0.25, -0.2) is 0 Å². The van der Waals surface area contributed by atoms with Crippen LogP contribution in [0.5, 0.6) is 0 Å². The Labute approximate surface area is 121 Å². The monoisotopic (exact) mass is 284 g/mol. The summed E-state index contributed by atoms with van der Waals surface area (Å²) in [6.07, 6.45) is 4.80. The van der Waals surface area contributed by atoms with Crippen molar-refractivity contribution in [1.82, 2.24) is 14.5 Å². The van der Waals surface area contributed by atoms with E-state index in [-0.39, 0.29) is 0 Å². The predicted octanol–water partition coefficient (Wildman–Crippen LogP) is 3.76. The van der Waals surface area contributed by atoms with Crippen LogP contribution in [0, 0.1) is 0 Å². The highest BCUT2D eigenvalue weighted by atomic mass is 32.1. The predicted molar refractivity (Wildman–Crippen MR) is 83.8 cm³/mol. The molecular weight excluding hydrogens is 256 g/mol. The zero-order chi connectivity index (χ0) is 14.1. The second-order valence-corrected chi connectivity index (χ2v) is 5.81. The molecule has 0 aliphatic carbocycles. The maximum atomic E-state index is 4.30. The Balaban J connectivity index is 2.64. The maximum Gasteiger partial charge on any atom is 0.134 e. The first-order chi connectivity index (χ1) is 9.22. The summed E-state index contributed by atoms with van der Waals surface area (Å²) in [7, 11) is 0. The van der Waals surface area contributed by atoms with Gasteiger partial charge in [0.05, 0.1) is 0 Å². The lowest BCUT2D eigenvalue weighted by atomic mass is 10.2. The van der Waals surface area contributed by atoms with Gasteiger partial charge in [0.2, 0.25) is 0 Å². The summed E-state index contributed by atoms with van der Waals surface area (Å²) < 4.78 is 4.10. The third kappa shape index (κ3) is 5.45. The highest BCUT2D eigenvalue weighted by molar-refractivity contribution is 7.10.